The van der Waals surface area contributed by atoms with E-state index in [-0.39, 0.29) is 11.1 Å². The zero-order valence-electron chi connectivity index (χ0n) is 19.6. The standard InChI is InChI=1S/C25H27N5O3S/c1-14-7-9-20(12-15(14)2)30-23(31)22(17(4)28-30)16(3)26-27-25(34)29-11-5-6-18-13-19(24(32)33)8-10-21(18)29/h7-10,12-13,28H,5-6,11H2,1-4H3,(H,27,34)(H,32,33). The van der Waals surface area contributed by atoms with Crippen molar-refractivity contribution in [2.45, 2.75) is 40.5 Å². The van der Waals surface area contributed by atoms with E-state index in [0.717, 1.165) is 40.9 Å². The smallest absolute Gasteiger partial charge is 0.335 e. The number of thiocarbonyl (C=S) groups is 1. The predicted molar refractivity (Wildman–Crippen MR) is 138 cm³/mol. The summed E-state index contributed by atoms with van der Waals surface area (Å²) in [5, 5.41) is 17.2. The van der Waals surface area contributed by atoms with Gasteiger partial charge in [-0.05, 0) is 99.8 Å². The second-order valence-electron chi connectivity index (χ2n) is 8.54. The van der Waals surface area contributed by atoms with Gasteiger partial charge in [-0.3, -0.25) is 15.3 Å². The van der Waals surface area contributed by atoms with E-state index in [1.165, 1.54) is 4.68 Å². The van der Waals surface area contributed by atoms with Crippen LogP contribution in [0.5, 0.6) is 0 Å². The van der Waals surface area contributed by atoms with Gasteiger partial charge in [0.25, 0.3) is 5.56 Å². The summed E-state index contributed by atoms with van der Waals surface area (Å²) in [6.07, 6.45) is 1.64. The first-order valence-corrected chi connectivity index (χ1v) is 11.5. The molecule has 0 radical (unpaired) electrons. The average Bonchev–Trinajstić information content (AvgIpc) is 3.12. The molecule has 1 aliphatic heterocycles. The quantitative estimate of drug-likeness (QED) is 0.300. The summed E-state index contributed by atoms with van der Waals surface area (Å²) < 4.78 is 1.52. The Kier molecular flexibility index (Phi) is 6.39. The number of benzene rings is 2. The average molecular weight is 478 g/mol. The molecular formula is C25H27N5O3S. The number of nitrogens with zero attached hydrogens (tertiary/aromatic N) is 3. The number of carbonyl (C=O) groups is 1. The Hall–Kier alpha value is -3.72. The van der Waals surface area contributed by atoms with E-state index in [1.54, 1.807) is 25.1 Å². The number of fused-ring (bicyclic) bond motifs is 1. The number of hydrogen-bond donors (Lipinski definition) is 3. The third-order valence-corrected chi connectivity index (χ3v) is 6.50. The Morgan fingerprint density at radius 1 is 1.15 bits per heavy atom. The largest absolute Gasteiger partial charge is 0.478 e. The molecule has 1 aromatic heterocycles. The Labute approximate surface area is 202 Å². The van der Waals surface area contributed by atoms with Crippen LogP contribution in [0.4, 0.5) is 5.69 Å². The molecule has 1 aliphatic rings. The lowest BCUT2D eigenvalue weighted by molar-refractivity contribution is 0.0696. The highest BCUT2D eigenvalue weighted by atomic mass is 32.1. The molecule has 0 spiro atoms. The molecule has 0 aliphatic carbocycles. The molecule has 0 unspecified atom stereocenters. The van der Waals surface area contributed by atoms with Gasteiger partial charge in [0.2, 0.25) is 0 Å². The lowest BCUT2D eigenvalue weighted by Gasteiger charge is -2.31. The van der Waals surface area contributed by atoms with E-state index in [4.69, 9.17) is 12.2 Å². The number of hydrogen-bond acceptors (Lipinski definition) is 4. The van der Waals surface area contributed by atoms with Gasteiger partial charge >= 0.3 is 5.97 Å². The summed E-state index contributed by atoms with van der Waals surface area (Å²) in [7, 11) is 0. The van der Waals surface area contributed by atoms with E-state index in [2.05, 4.69) is 15.6 Å². The number of hydrazone groups is 1. The van der Waals surface area contributed by atoms with Gasteiger partial charge in [-0.2, -0.15) is 5.10 Å². The number of H-pyrrole nitrogens is 1. The minimum atomic E-state index is -0.950. The van der Waals surface area contributed by atoms with Gasteiger partial charge in [-0.25, -0.2) is 9.48 Å². The van der Waals surface area contributed by atoms with Crippen LogP contribution in [-0.2, 0) is 6.42 Å². The number of aryl methyl sites for hydroxylation is 4. The van der Waals surface area contributed by atoms with Gasteiger partial charge in [0.1, 0.15) is 0 Å². The molecule has 0 atom stereocenters. The molecule has 8 nitrogen and oxygen atoms in total. The molecule has 176 valence electrons. The van der Waals surface area contributed by atoms with Crippen molar-refractivity contribution in [3.63, 3.8) is 0 Å². The predicted octanol–water partition coefficient (Wildman–Crippen LogP) is 3.84. The molecule has 0 saturated heterocycles. The molecule has 3 N–H and O–H groups in total. The molecule has 3 aromatic rings. The fourth-order valence-corrected chi connectivity index (χ4v) is 4.44. The molecule has 0 amide bonds. The number of aromatic nitrogens is 2. The fourth-order valence-electron chi connectivity index (χ4n) is 4.21. The summed E-state index contributed by atoms with van der Waals surface area (Å²) >= 11 is 5.58. The van der Waals surface area contributed by atoms with Crippen LogP contribution < -0.4 is 15.9 Å². The Morgan fingerprint density at radius 2 is 1.91 bits per heavy atom. The molecule has 4 rings (SSSR count). The molecule has 9 heteroatoms. The van der Waals surface area contributed by atoms with E-state index in [1.807, 2.05) is 43.9 Å². The Morgan fingerprint density at radius 3 is 2.62 bits per heavy atom. The van der Waals surface area contributed by atoms with Crippen LogP contribution in [0.3, 0.4) is 0 Å². The topological polar surface area (TPSA) is 103 Å². The third kappa shape index (κ3) is 4.38. The number of nitrogens with one attached hydrogen (secondary N) is 2. The van der Waals surface area contributed by atoms with Gasteiger partial charge in [0, 0.05) is 17.9 Å². The number of aromatic amines is 1. The van der Waals surface area contributed by atoms with Gasteiger partial charge in [-0.1, -0.05) is 6.07 Å². The van der Waals surface area contributed by atoms with Crippen LogP contribution in [0, 0.1) is 20.8 Å². The molecular weight excluding hydrogens is 450 g/mol. The van der Waals surface area contributed by atoms with E-state index < -0.39 is 5.97 Å². The molecule has 2 heterocycles. The zero-order valence-corrected chi connectivity index (χ0v) is 20.4. The summed E-state index contributed by atoms with van der Waals surface area (Å²) in [6.45, 7) is 8.35. The van der Waals surface area contributed by atoms with Crippen molar-refractivity contribution in [1.82, 2.24) is 15.2 Å². The minimum absolute atomic E-state index is 0.181. The maximum Gasteiger partial charge on any atom is 0.335 e. The molecule has 0 saturated carbocycles. The number of anilines is 1. The van der Waals surface area contributed by atoms with Crippen molar-refractivity contribution < 1.29 is 9.90 Å². The summed E-state index contributed by atoms with van der Waals surface area (Å²) in [5.74, 6) is -0.950. The van der Waals surface area contributed by atoms with Gasteiger partial charge in [0.05, 0.1) is 22.5 Å². The maximum atomic E-state index is 13.2. The lowest BCUT2D eigenvalue weighted by atomic mass is 9.99. The van der Waals surface area contributed by atoms with E-state index in [9.17, 15) is 14.7 Å². The molecule has 34 heavy (non-hydrogen) atoms. The van der Waals surface area contributed by atoms with Crippen molar-refractivity contribution >= 4 is 34.7 Å². The number of rotatable bonds is 4. The van der Waals surface area contributed by atoms with Crippen molar-refractivity contribution in [1.29, 1.82) is 0 Å². The van der Waals surface area contributed by atoms with Gasteiger partial charge in [-0.15, -0.1) is 0 Å². The molecule has 0 bridgehead atoms. The fraction of sp³-hybridized carbons (Fsp3) is 0.280. The van der Waals surface area contributed by atoms with Gasteiger partial charge in [0.15, 0.2) is 5.11 Å². The highest BCUT2D eigenvalue weighted by Gasteiger charge is 2.22. The highest BCUT2D eigenvalue weighted by molar-refractivity contribution is 7.80. The second kappa shape index (κ2) is 9.26. The lowest BCUT2D eigenvalue weighted by Crippen LogP contribution is -2.41. The summed E-state index contributed by atoms with van der Waals surface area (Å²) in [5.41, 5.74) is 9.55. The first kappa shape index (κ1) is 23.4. The van der Waals surface area contributed by atoms with Gasteiger partial charge < -0.3 is 10.0 Å². The van der Waals surface area contributed by atoms with E-state index >= 15 is 0 Å². The monoisotopic (exact) mass is 477 g/mol. The molecule has 0 fully saturated rings. The third-order valence-electron chi connectivity index (χ3n) is 6.19. The maximum absolute atomic E-state index is 13.2. The summed E-state index contributed by atoms with van der Waals surface area (Å²) in [4.78, 5) is 26.4. The van der Waals surface area contributed by atoms with Crippen LogP contribution in [-0.4, -0.2) is 38.2 Å². The van der Waals surface area contributed by atoms with Crippen molar-refractivity contribution in [3.8, 4) is 5.69 Å². The normalized spacial score (nSPS) is 13.5. The Balaban J connectivity index is 1.57. The highest BCUT2D eigenvalue weighted by Crippen LogP contribution is 2.28. The second-order valence-corrected chi connectivity index (χ2v) is 8.93. The number of carboxylic acid groups (broad SMARTS) is 1. The van der Waals surface area contributed by atoms with Crippen LogP contribution in [0.2, 0.25) is 0 Å². The number of carboxylic acids is 1. The minimum Gasteiger partial charge on any atom is -0.478 e. The van der Waals surface area contributed by atoms with E-state index in [0.29, 0.717) is 28.6 Å². The number of aromatic carboxylic acids is 1. The zero-order chi connectivity index (χ0) is 24.6. The van der Waals surface area contributed by atoms with Crippen LogP contribution in [0.25, 0.3) is 5.69 Å². The summed E-state index contributed by atoms with van der Waals surface area (Å²) in [6, 6.07) is 10.9. The first-order chi connectivity index (χ1) is 16.2. The van der Waals surface area contributed by atoms with Crippen LogP contribution >= 0.6 is 12.2 Å². The molecule has 2 aromatic carbocycles. The Bertz CT molecular complexity index is 1390. The van der Waals surface area contributed by atoms with Crippen LogP contribution in [0.1, 0.15) is 51.7 Å². The SMILES string of the molecule is CC(=NNC(=S)N1CCCc2cc(C(=O)O)ccc21)c1c(C)[nH]n(-c2ccc(C)c(C)c2)c1=O. The van der Waals surface area contributed by atoms with Crippen molar-refractivity contribution in [2.75, 3.05) is 11.4 Å². The van der Waals surface area contributed by atoms with Crippen molar-refractivity contribution in [2.24, 2.45) is 5.10 Å². The van der Waals surface area contributed by atoms with Crippen molar-refractivity contribution in [3.05, 3.63) is 80.3 Å². The van der Waals surface area contributed by atoms with Crippen LogP contribution in [0.15, 0.2) is 46.3 Å². The first-order valence-electron chi connectivity index (χ1n) is 11.0.